The van der Waals surface area contributed by atoms with Gasteiger partial charge in [0.15, 0.2) is 12.2 Å². The molecule has 0 fully saturated rings. The summed E-state index contributed by atoms with van der Waals surface area (Å²) in [5.74, 6) is 0.904. The van der Waals surface area contributed by atoms with Crippen molar-refractivity contribution in [2.45, 2.75) is 401 Å². The molecule has 0 aliphatic rings. The zero-order valence-corrected chi connectivity index (χ0v) is 64.1. The number of esters is 4. The van der Waals surface area contributed by atoms with Crippen LogP contribution in [0.15, 0.2) is 0 Å². The SMILES string of the molecule is CC(C)CCCCCCCCCCCCCCCCCC(=O)O[C@H](COC(=O)CCCCCCCCCCCCCCC(C)C)COP(=O)(O)OCC(O)COP(=O)(O)OC[C@@H](COC(=O)CCCCCCCCCC(C)C)OC(=O)CCCCCCCCCCCC(C)C. The van der Waals surface area contributed by atoms with Crippen LogP contribution in [0, 0.1) is 23.7 Å². The predicted octanol–water partition coefficient (Wildman–Crippen LogP) is 22.0. The smallest absolute Gasteiger partial charge is 0.462 e. The second-order valence-corrected chi connectivity index (χ2v) is 32.2. The van der Waals surface area contributed by atoms with Gasteiger partial charge in [0.05, 0.1) is 26.4 Å². The molecule has 0 spiro atoms. The van der Waals surface area contributed by atoms with E-state index in [1.165, 1.54) is 180 Å². The molecule has 0 amide bonds. The molecule has 0 saturated carbocycles. The Bertz CT molecular complexity index is 1870. The van der Waals surface area contributed by atoms with Crippen LogP contribution in [0.5, 0.6) is 0 Å². The van der Waals surface area contributed by atoms with Gasteiger partial charge in [0.1, 0.15) is 19.3 Å². The van der Waals surface area contributed by atoms with Crippen molar-refractivity contribution < 1.29 is 80.2 Å². The summed E-state index contributed by atoms with van der Waals surface area (Å²) in [5.41, 5.74) is 0. The lowest BCUT2D eigenvalue weighted by atomic mass is 10.0. The molecule has 3 unspecified atom stereocenters. The minimum absolute atomic E-state index is 0.104. The van der Waals surface area contributed by atoms with Crippen molar-refractivity contribution in [1.82, 2.24) is 0 Å². The minimum Gasteiger partial charge on any atom is -0.462 e. The maximum Gasteiger partial charge on any atom is 0.472 e. The van der Waals surface area contributed by atoms with Gasteiger partial charge >= 0.3 is 39.5 Å². The van der Waals surface area contributed by atoms with E-state index in [-0.39, 0.29) is 25.7 Å². The highest BCUT2D eigenvalue weighted by Crippen LogP contribution is 2.45. The number of phosphoric acid groups is 2. The van der Waals surface area contributed by atoms with Gasteiger partial charge in [-0.2, -0.15) is 0 Å². The van der Waals surface area contributed by atoms with Crippen LogP contribution in [-0.2, 0) is 65.4 Å². The number of hydrogen-bond acceptors (Lipinski definition) is 15. The molecule has 0 aliphatic heterocycles. The van der Waals surface area contributed by atoms with E-state index in [1.54, 1.807) is 0 Å². The zero-order valence-electron chi connectivity index (χ0n) is 62.3. The van der Waals surface area contributed by atoms with Crippen LogP contribution in [0.3, 0.4) is 0 Å². The molecule has 0 bridgehead atoms. The highest BCUT2D eigenvalue weighted by atomic mass is 31.2. The Balaban J connectivity index is 5.25. The fourth-order valence-corrected chi connectivity index (χ4v) is 13.1. The minimum atomic E-state index is -4.96. The molecule has 0 rings (SSSR count). The zero-order chi connectivity index (χ0) is 70.3. The molecular weight excluding hydrogens is 1250 g/mol. The summed E-state index contributed by atoms with van der Waals surface area (Å²) in [7, 11) is -9.91. The van der Waals surface area contributed by atoms with Gasteiger partial charge in [-0.05, 0) is 49.4 Å². The van der Waals surface area contributed by atoms with E-state index in [2.05, 4.69) is 55.4 Å². The second kappa shape index (κ2) is 65.4. The van der Waals surface area contributed by atoms with E-state index in [1.807, 2.05) is 0 Å². The third kappa shape index (κ3) is 70.3. The predicted molar refractivity (Wildman–Crippen MR) is 386 cm³/mol. The third-order valence-electron chi connectivity index (χ3n) is 17.6. The average molecular weight is 1400 g/mol. The van der Waals surface area contributed by atoms with Gasteiger partial charge in [-0.25, -0.2) is 9.13 Å². The number of aliphatic hydroxyl groups excluding tert-OH is 1. The summed E-state index contributed by atoms with van der Waals surface area (Å²) in [6.45, 7) is 14.2. The van der Waals surface area contributed by atoms with Crippen LogP contribution in [0.2, 0.25) is 0 Å². The number of hydrogen-bond donors (Lipinski definition) is 3. The molecule has 0 aliphatic carbocycles. The number of carbonyl (C=O) groups excluding carboxylic acids is 4. The molecule has 19 heteroatoms. The molecule has 564 valence electrons. The Hall–Kier alpha value is -1.94. The molecule has 0 aromatic heterocycles. The molecule has 17 nitrogen and oxygen atoms in total. The first-order valence-corrected chi connectivity index (χ1v) is 42.2. The van der Waals surface area contributed by atoms with Crippen LogP contribution < -0.4 is 0 Å². The first-order valence-electron chi connectivity index (χ1n) is 39.2. The van der Waals surface area contributed by atoms with Crippen LogP contribution in [0.1, 0.15) is 383 Å². The van der Waals surface area contributed by atoms with Gasteiger partial charge in [0.25, 0.3) is 0 Å². The monoisotopic (exact) mass is 1400 g/mol. The summed E-state index contributed by atoms with van der Waals surface area (Å²) in [5, 5.41) is 10.6. The van der Waals surface area contributed by atoms with Crippen molar-refractivity contribution in [2.24, 2.45) is 23.7 Å². The van der Waals surface area contributed by atoms with Crippen molar-refractivity contribution in [3.05, 3.63) is 0 Å². The summed E-state index contributed by atoms with van der Waals surface area (Å²) >= 11 is 0. The Labute approximate surface area is 581 Å². The van der Waals surface area contributed by atoms with Gasteiger partial charge in [-0.15, -0.1) is 0 Å². The summed E-state index contributed by atoms with van der Waals surface area (Å²) in [4.78, 5) is 72.8. The molecular formula is C76H148O17P2. The Morgan fingerprint density at radius 1 is 0.263 bits per heavy atom. The van der Waals surface area contributed by atoms with Gasteiger partial charge in [-0.1, -0.05) is 331 Å². The van der Waals surface area contributed by atoms with Crippen molar-refractivity contribution >= 4 is 39.5 Å². The van der Waals surface area contributed by atoms with E-state index in [4.69, 9.17) is 37.0 Å². The number of unbranched alkanes of at least 4 members (excludes halogenated alkanes) is 39. The average Bonchev–Trinajstić information content (AvgIpc) is 2.34. The van der Waals surface area contributed by atoms with E-state index >= 15 is 0 Å². The Morgan fingerprint density at radius 2 is 0.442 bits per heavy atom. The largest absolute Gasteiger partial charge is 0.472 e. The molecule has 5 atom stereocenters. The lowest BCUT2D eigenvalue weighted by Crippen LogP contribution is -2.30. The van der Waals surface area contributed by atoms with Gasteiger partial charge in [-0.3, -0.25) is 37.3 Å². The highest BCUT2D eigenvalue weighted by molar-refractivity contribution is 7.47. The van der Waals surface area contributed by atoms with E-state index in [0.717, 1.165) is 114 Å². The second-order valence-electron chi connectivity index (χ2n) is 29.3. The van der Waals surface area contributed by atoms with Crippen LogP contribution >= 0.6 is 15.6 Å². The third-order valence-corrected chi connectivity index (χ3v) is 19.5. The van der Waals surface area contributed by atoms with Crippen LogP contribution in [0.25, 0.3) is 0 Å². The maximum absolute atomic E-state index is 13.1. The fourth-order valence-electron chi connectivity index (χ4n) is 11.6. The number of ether oxygens (including phenoxy) is 4. The topological polar surface area (TPSA) is 237 Å². The van der Waals surface area contributed by atoms with E-state index < -0.39 is 97.5 Å². The summed E-state index contributed by atoms with van der Waals surface area (Å²) < 4.78 is 68.5. The van der Waals surface area contributed by atoms with Gasteiger partial charge in [0.2, 0.25) is 0 Å². The Morgan fingerprint density at radius 3 is 0.653 bits per heavy atom. The molecule has 95 heavy (non-hydrogen) atoms. The van der Waals surface area contributed by atoms with Crippen molar-refractivity contribution in [2.75, 3.05) is 39.6 Å². The van der Waals surface area contributed by atoms with Gasteiger partial charge < -0.3 is 33.8 Å². The van der Waals surface area contributed by atoms with Crippen molar-refractivity contribution in [3.63, 3.8) is 0 Å². The van der Waals surface area contributed by atoms with Crippen LogP contribution in [-0.4, -0.2) is 96.7 Å². The fraction of sp³-hybridized carbons (Fsp3) is 0.947. The molecule has 0 aromatic carbocycles. The molecule has 0 heterocycles. The molecule has 0 saturated heterocycles. The number of phosphoric ester groups is 2. The van der Waals surface area contributed by atoms with Crippen molar-refractivity contribution in [3.8, 4) is 0 Å². The Kier molecular flexibility index (Phi) is 64.0. The number of carbonyl (C=O) groups is 4. The normalized spacial score (nSPS) is 14.1. The quantitative estimate of drug-likeness (QED) is 0.0222. The first kappa shape index (κ1) is 93.1. The number of aliphatic hydroxyl groups is 1. The molecule has 3 N–H and O–H groups in total. The standard InChI is InChI=1S/C76H148O17P2/c1-66(2)52-44-36-28-21-16-12-10-9-11-13-19-25-33-42-50-58-75(80)92-71(62-86-73(78)56-48-40-32-24-18-15-14-17-22-29-37-45-53-67(3)4)64-90-94(82,83)88-60-70(77)61-89-95(84,85)91-65-72(63-87-74(79)57-49-41-35-27-31-39-47-55-69(7)8)93-76(81)59-51-43-34-26-20-23-30-38-46-54-68(5)6/h66-72,77H,9-65H2,1-8H3,(H,82,83)(H,84,85)/t70?,71-,72-/m1/s1. The first-order chi connectivity index (χ1) is 45.6. The van der Waals surface area contributed by atoms with E-state index in [0.29, 0.717) is 31.6 Å². The lowest BCUT2D eigenvalue weighted by molar-refractivity contribution is -0.161. The molecule has 0 aromatic rings. The van der Waals surface area contributed by atoms with E-state index in [9.17, 15) is 43.2 Å². The molecule has 0 radical (unpaired) electrons. The lowest BCUT2D eigenvalue weighted by Gasteiger charge is -2.21. The van der Waals surface area contributed by atoms with Crippen LogP contribution in [0.4, 0.5) is 0 Å². The highest BCUT2D eigenvalue weighted by Gasteiger charge is 2.30. The summed E-state index contributed by atoms with van der Waals surface area (Å²) in [6, 6.07) is 0. The van der Waals surface area contributed by atoms with Crippen molar-refractivity contribution in [1.29, 1.82) is 0 Å². The van der Waals surface area contributed by atoms with Gasteiger partial charge in [0, 0.05) is 25.7 Å². The summed E-state index contributed by atoms with van der Waals surface area (Å²) in [6.07, 6.45) is 50.0. The maximum atomic E-state index is 13.1. The number of rotatable bonds is 73.